The van der Waals surface area contributed by atoms with E-state index in [1.54, 1.807) is 28.6 Å². The molecule has 1 amide bonds. The number of fused-ring (bicyclic) bond motifs is 1. The van der Waals surface area contributed by atoms with Gasteiger partial charge in [0.25, 0.3) is 11.5 Å². The number of aromatic nitrogens is 2. The first-order chi connectivity index (χ1) is 11.1. The largest absolute Gasteiger partial charge is 0.330 e. The average Bonchev–Trinajstić information content (AvgIpc) is 3.16. The monoisotopic (exact) mass is 365 g/mol. The summed E-state index contributed by atoms with van der Waals surface area (Å²) in [5.74, 6) is -0.368. The Balaban J connectivity index is 1.94. The van der Waals surface area contributed by atoms with E-state index in [1.807, 2.05) is 6.07 Å². The van der Waals surface area contributed by atoms with E-state index in [2.05, 4.69) is 11.6 Å². The zero-order valence-corrected chi connectivity index (χ0v) is 14.3. The summed E-state index contributed by atoms with van der Waals surface area (Å²) < 4.78 is 2.04. The Labute approximate surface area is 145 Å². The first-order valence-corrected chi connectivity index (χ1v) is 8.77. The van der Waals surface area contributed by atoms with E-state index < -0.39 is 0 Å². The van der Waals surface area contributed by atoms with Crippen molar-refractivity contribution >= 4 is 45.1 Å². The lowest BCUT2D eigenvalue weighted by Crippen LogP contribution is -2.35. The van der Waals surface area contributed by atoms with Gasteiger partial charge in [-0.05, 0) is 12.1 Å². The van der Waals surface area contributed by atoms with Crippen LogP contribution >= 0.6 is 34.3 Å². The molecule has 5 nitrogen and oxygen atoms in total. The third-order valence-electron chi connectivity index (χ3n) is 3.19. The number of halogens is 1. The van der Waals surface area contributed by atoms with Crippen molar-refractivity contribution in [3.05, 3.63) is 67.7 Å². The van der Waals surface area contributed by atoms with Crippen molar-refractivity contribution in [3.8, 4) is 0 Å². The Hall–Kier alpha value is -1.96. The summed E-state index contributed by atoms with van der Waals surface area (Å²) in [6.07, 6.45) is 4.58. The number of thiazole rings is 1. The van der Waals surface area contributed by atoms with E-state index in [0.29, 0.717) is 22.4 Å². The molecule has 0 spiro atoms. The summed E-state index contributed by atoms with van der Waals surface area (Å²) in [5, 5.41) is 1.76. The minimum absolute atomic E-state index is 0.0467. The van der Waals surface area contributed by atoms with Crippen molar-refractivity contribution in [3.63, 3.8) is 0 Å². The second-order valence-electron chi connectivity index (χ2n) is 4.71. The molecule has 0 unspecified atom stereocenters. The lowest BCUT2D eigenvalue weighted by molar-refractivity contribution is 0.0762. The zero-order chi connectivity index (χ0) is 16.4. The molecule has 0 fully saturated rings. The van der Waals surface area contributed by atoms with Crippen LogP contribution in [0.2, 0.25) is 4.34 Å². The summed E-state index contributed by atoms with van der Waals surface area (Å²) in [4.78, 5) is 32.4. The van der Waals surface area contributed by atoms with Gasteiger partial charge in [-0.2, -0.15) is 0 Å². The molecule has 8 heteroatoms. The highest BCUT2D eigenvalue weighted by molar-refractivity contribution is 7.16. The predicted molar refractivity (Wildman–Crippen MR) is 93.6 cm³/mol. The van der Waals surface area contributed by atoms with E-state index in [0.717, 1.165) is 4.88 Å². The Morgan fingerprint density at radius 1 is 1.48 bits per heavy atom. The van der Waals surface area contributed by atoms with Gasteiger partial charge < -0.3 is 4.90 Å². The van der Waals surface area contributed by atoms with Crippen LogP contribution in [0.15, 0.2) is 47.4 Å². The SMILES string of the molecule is C=CCN(Cc1ccc(Cl)s1)C(=O)c1cnc2sccn2c1=O. The molecule has 0 radical (unpaired) electrons. The van der Waals surface area contributed by atoms with Gasteiger partial charge in [0.2, 0.25) is 0 Å². The molecule has 3 aromatic heterocycles. The predicted octanol–water partition coefficient (Wildman–Crippen LogP) is 3.30. The number of carbonyl (C=O) groups is 1. The molecule has 0 saturated heterocycles. The van der Waals surface area contributed by atoms with Crippen LogP contribution in [0.1, 0.15) is 15.2 Å². The maximum absolute atomic E-state index is 12.7. The van der Waals surface area contributed by atoms with E-state index in [4.69, 9.17) is 11.6 Å². The average molecular weight is 366 g/mol. The Kier molecular flexibility index (Phi) is 4.61. The van der Waals surface area contributed by atoms with E-state index >= 15 is 0 Å². The number of nitrogens with zero attached hydrogens (tertiary/aromatic N) is 3. The Morgan fingerprint density at radius 3 is 3.00 bits per heavy atom. The maximum atomic E-state index is 12.7. The molecule has 0 aromatic carbocycles. The van der Waals surface area contributed by atoms with Crippen molar-refractivity contribution in [2.45, 2.75) is 6.54 Å². The van der Waals surface area contributed by atoms with Crippen molar-refractivity contribution in [1.29, 1.82) is 0 Å². The van der Waals surface area contributed by atoms with Gasteiger partial charge in [0, 0.05) is 29.2 Å². The topological polar surface area (TPSA) is 54.7 Å². The van der Waals surface area contributed by atoms with Gasteiger partial charge in [-0.25, -0.2) is 4.98 Å². The molecular formula is C15H12ClN3O2S2. The highest BCUT2D eigenvalue weighted by Gasteiger charge is 2.20. The fourth-order valence-corrected chi connectivity index (χ4v) is 3.92. The number of carbonyl (C=O) groups excluding carboxylic acids is 1. The van der Waals surface area contributed by atoms with Crippen LogP contribution in [0.5, 0.6) is 0 Å². The minimum atomic E-state index is -0.368. The molecule has 3 rings (SSSR count). The van der Waals surface area contributed by atoms with Crippen molar-refractivity contribution in [2.75, 3.05) is 6.54 Å². The summed E-state index contributed by atoms with van der Waals surface area (Å²) in [5.41, 5.74) is -0.315. The third kappa shape index (κ3) is 3.21. The molecule has 0 aliphatic heterocycles. The molecule has 0 atom stereocenters. The van der Waals surface area contributed by atoms with Crippen LogP contribution in [0, 0.1) is 0 Å². The van der Waals surface area contributed by atoms with Crippen molar-refractivity contribution < 1.29 is 4.79 Å². The molecule has 3 aromatic rings. The zero-order valence-electron chi connectivity index (χ0n) is 11.9. The minimum Gasteiger partial charge on any atom is -0.330 e. The van der Waals surface area contributed by atoms with Gasteiger partial charge in [-0.3, -0.25) is 14.0 Å². The molecule has 0 aliphatic rings. The summed E-state index contributed by atoms with van der Waals surface area (Å²) in [6.45, 7) is 4.38. The molecule has 118 valence electrons. The lowest BCUT2D eigenvalue weighted by atomic mass is 10.2. The second kappa shape index (κ2) is 6.66. The number of hydrogen-bond donors (Lipinski definition) is 0. The highest BCUT2D eigenvalue weighted by Crippen LogP contribution is 2.23. The van der Waals surface area contributed by atoms with Crippen LogP contribution in [0.3, 0.4) is 0 Å². The first kappa shape index (κ1) is 15.9. The fraction of sp³-hybridized carbons (Fsp3) is 0.133. The Morgan fingerprint density at radius 2 is 2.30 bits per heavy atom. The smallest absolute Gasteiger partial charge is 0.271 e. The quantitative estimate of drug-likeness (QED) is 0.652. The maximum Gasteiger partial charge on any atom is 0.271 e. The van der Waals surface area contributed by atoms with Crippen molar-refractivity contribution in [1.82, 2.24) is 14.3 Å². The summed E-state index contributed by atoms with van der Waals surface area (Å²) >= 11 is 8.67. The molecule has 23 heavy (non-hydrogen) atoms. The Bertz CT molecular complexity index is 928. The normalized spacial score (nSPS) is 10.8. The van der Waals surface area contributed by atoms with Gasteiger partial charge in [-0.1, -0.05) is 17.7 Å². The van der Waals surface area contributed by atoms with Crippen LogP contribution in [0.4, 0.5) is 0 Å². The summed E-state index contributed by atoms with van der Waals surface area (Å²) in [7, 11) is 0. The third-order valence-corrected chi connectivity index (χ3v) is 5.17. The number of thiophene rings is 1. The van der Waals surface area contributed by atoms with E-state index in [9.17, 15) is 9.59 Å². The van der Waals surface area contributed by atoms with Crippen LogP contribution < -0.4 is 5.56 Å². The van der Waals surface area contributed by atoms with Crippen molar-refractivity contribution in [2.24, 2.45) is 0 Å². The van der Waals surface area contributed by atoms with Gasteiger partial charge in [0.1, 0.15) is 5.56 Å². The fourth-order valence-electron chi connectivity index (χ4n) is 2.14. The molecule has 0 bridgehead atoms. The van der Waals surface area contributed by atoms with E-state index in [1.165, 1.54) is 33.3 Å². The summed E-state index contributed by atoms with van der Waals surface area (Å²) in [6, 6.07) is 3.65. The second-order valence-corrected chi connectivity index (χ2v) is 7.39. The molecular weight excluding hydrogens is 354 g/mol. The first-order valence-electron chi connectivity index (χ1n) is 6.69. The van der Waals surface area contributed by atoms with E-state index in [-0.39, 0.29) is 17.0 Å². The number of rotatable bonds is 5. The standard InChI is InChI=1S/C15H12ClN3O2S2/c1-2-5-18(9-10-3-4-12(16)23-10)13(20)11-8-17-15-19(14(11)21)6-7-22-15/h2-4,6-8H,1,5,9H2. The van der Waals surface area contributed by atoms with Gasteiger partial charge >= 0.3 is 0 Å². The molecule has 0 aliphatic carbocycles. The van der Waals surface area contributed by atoms with Crippen LogP contribution in [-0.2, 0) is 6.54 Å². The lowest BCUT2D eigenvalue weighted by Gasteiger charge is -2.20. The van der Waals surface area contributed by atoms with Gasteiger partial charge in [-0.15, -0.1) is 29.3 Å². The molecule has 3 heterocycles. The highest BCUT2D eigenvalue weighted by atomic mass is 35.5. The van der Waals surface area contributed by atoms with Gasteiger partial charge in [0.15, 0.2) is 4.96 Å². The van der Waals surface area contributed by atoms with Gasteiger partial charge in [0.05, 0.1) is 10.9 Å². The van der Waals surface area contributed by atoms with Crippen LogP contribution in [-0.4, -0.2) is 26.7 Å². The number of hydrogen-bond acceptors (Lipinski definition) is 5. The molecule has 0 saturated carbocycles. The number of amides is 1. The van der Waals surface area contributed by atoms with Crippen LogP contribution in [0.25, 0.3) is 4.96 Å². The molecule has 0 N–H and O–H groups in total.